The molecule has 2 heterocycles. The second-order valence-electron chi connectivity index (χ2n) is 4.99. The lowest BCUT2D eigenvalue weighted by Gasteiger charge is -2.07. The molecule has 0 atom stereocenters. The summed E-state index contributed by atoms with van der Waals surface area (Å²) in [4.78, 5) is 9.22. The molecule has 1 aromatic carbocycles. The normalized spacial score (nSPS) is 11.3. The van der Waals surface area contributed by atoms with E-state index in [2.05, 4.69) is 34.7 Å². The first-order chi connectivity index (χ1) is 10.3. The average Bonchev–Trinajstić information content (AvgIpc) is 3.12. The van der Waals surface area contributed by atoms with Crippen LogP contribution in [0.2, 0.25) is 0 Å². The maximum Gasteiger partial charge on any atom is 0.109 e. The Morgan fingerprint density at radius 1 is 1.24 bits per heavy atom. The Labute approximate surface area is 133 Å². The molecule has 0 fully saturated rings. The molecule has 0 aliphatic heterocycles. The summed E-state index contributed by atoms with van der Waals surface area (Å²) < 4.78 is 2.34. The van der Waals surface area contributed by atoms with Crippen LogP contribution in [0.15, 0.2) is 29.6 Å². The topological polar surface area (TPSA) is 30.7 Å². The van der Waals surface area contributed by atoms with E-state index >= 15 is 0 Å². The number of fused-ring (bicyclic) bond motifs is 1. The summed E-state index contributed by atoms with van der Waals surface area (Å²) in [5.41, 5.74) is 3.31. The minimum Gasteiger partial charge on any atom is -0.328 e. The predicted octanol–water partition coefficient (Wildman–Crippen LogP) is 4.43. The van der Waals surface area contributed by atoms with Crippen molar-refractivity contribution in [2.75, 3.05) is 0 Å². The third-order valence-electron chi connectivity index (χ3n) is 3.56. The van der Waals surface area contributed by atoms with Crippen LogP contribution in [-0.4, -0.2) is 14.5 Å². The summed E-state index contributed by atoms with van der Waals surface area (Å²) in [6.07, 6.45) is 3.03. The molecule has 21 heavy (non-hydrogen) atoms. The first-order valence-electron chi connectivity index (χ1n) is 7.25. The van der Waals surface area contributed by atoms with Gasteiger partial charge < -0.3 is 4.57 Å². The molecule has 0 aliphatic rings. The van der Waals surface area contributed by atoms with Crippen molar-refractivity contribution in [3.05, 3.63) is 46.2 Å². The van der Waals surface area contributed by atoms with Crippen molar-refractivity contribution in [2.24, 2.45) is 0 Å². The molecule has 0 N–H and O–H groups in total. The van der Waals surface area contributed by atoms with Crippen molar-refractivity contribution >= 4 is 34.0 Å². The number of rotatable bonds is 6. The highest BCUT2D eigenvalue weighted by atomic mass is 35.5. The number of hydrogen-bond donors (Lipinski definition) is 0. The number of imidazole rings is 1. The van der Waals surface area contributed by atoms with Gasteiger partial charge in [0.25, 0.3) is 0 Å². The van der Waals surface area contributed by atoms with E-state index in [-0.39, 0.29) is 0 Å². The van der Waals surface area contributed by atoms with Crippen LogP contribution in [0.25, 0.3) is 11.0 Å². The molecule has 0 unspecified atom stereocenters. The molecule has 3 rings (SSSR count). The standard InChI is InChI=1S/C16H18ClN3S/c1-2-15-19-13-6-3-4-7-14(13)20(15)9-5-8-16-18-12(10-17)11-21-16/h3-4,6-7,11H,2,5,8-10H2,1H3. The summed E-state index contributed by atoms with van der Waals surface area (Å²) in [6.45, 7) is 3.14. The highest BCUT2D eigenvalue weighted by molar-refractivity contribution is 7.09. The highest BCUT2D eigenvalue weighted by Gasteiger charge is 2.09. The van der Waals surface area contributed by atoms with Gasteiger partial charge in [0, 0.05) is 24.8 Å². The van der Waals surface area contributed by atoms with Crippen LogP contribution in [0, 0.1) is 0 Å². The van der Waals surface area contributed by atoms with Gasteiger partial charge in [-0.1, -0.05) is 19.1 Å². The number of nitrogens with zero attached hydrogens (tertiary/aromatic N) is 3. The number of thiazole rings is 1. The van der Waals surface area contributed by atoms with Gasteiger partial charge in [-0.3, -0.25) is 0 Å². The molecule has 0 amide bonds. The van der Waals surface area contributed by atoms with E-state index in [1.54, 1.807) is 11.3 Å². The zero-order valence-electron chi connectivity index (χ0n) is 12.1. The van der Waals surface area contributed by atoms with E-state index in [1.165, 1.54) is 10.5 Å². The fraction of sp³-hybridized carbons (Fsp3) is 0.375. The molecule has 110 valence electrons. The second kappa shape index (κ2) is 6.58. The van der Waals surface area contributed by atoms with Crippen molar-refractivity contribution in [2.45, 2.75) is 38.6 Å². The van der Waals surface area contributed by atoms with E-state index in [0.29, 0.717) is 5.88 Å². The van der Waals surface area contributed by atoms with Gasteiger partial charge >= 0.3 is 0 Å². The van der Waals surface area contributed by atoms with Crippen LogP contribution in [0.3, 0.4) is 0 Å². The molecular weight excluding hydrogens is 302 g/mol. The SMILES string of the molecule is CCc1nc2ccccc2n1CCCc1nc(CCl)cs1. The lowest BCUT2D eigenvalue weighted by atomic mass is 10.3. The Morgan fingerprint density at radius 3 is 2.86 bits per heavy atom. The third-order valence-corrected chi connectivity index (χ3v) is 4.79. The van der Waals surface area contributed by atoms with Gasteiger partial charge in [0.2, 0.25) is 0 Å². The zero-order valence-corrected chi connectivity index (χ0v) is 13.6. The van der Waals surface area contributed by atoms with Gasteiger partial charge in [-0.2, -0.15) is 0 Å². The summed E-state index contributed by atoms with van der Waals surface area (Å²) >= 11 is 7.50. The Bertz CT molecular complexity index is 732. The predicted molar refractivity (Wildman–Crippen MR) is 89.1 cm³/mol. The van der Waals surface area contributed by atoms with Crippen LogP contribution in [-0.2, 0) is 25.3 Å². The van der Waals surface area contributed by atoms with Gasteiger partial charge in [0.05, 0.1) is 27.6 Å². The Morgan fingerprint density at radius 2 is 2.10 bits per heavy atom. The minimum atomic E-state index is 0.503. The van der Waals surface area contributed by atoms with Gasteiger partial charge in [0.15, 0.2) is 0 Å². The lowest BCUT2D eigenvalue weighted by Crippen LogP contribution is -2.04. The summed E-state index contributed by atoms with van der Waals surface area (Å²) in [6, 6.07) is 8.35. The maximum absolute atomic E-state index is 5.79. The molecule has 3 aromatic rings. The van der Waals surface area contributed by atoms with Gasteiger partial charge in [-0.05, 0) is 18.6 Å². The fourth-order valence-corrected chi connectivity index (χ4v) is 3.63. The quantitative estimate of drug-likeness (QED) is 0.629. The van der Waals surface area contributed by atoms with Crippen molar-refractivity contribution in [1.82, 2.24) is 14.5 Å². The van der Waals surface area contributed by atoms with Crippen LogP contribution < -0.4 is 0 Å². The molecule has 0 saturated heterocycles. The molecule has 0 saturated carbocycles. The monoisotopic (exact) mass is 319 g/mol. The zero-order chi connectivity index (χ0) is 14.7. The van der Waals surface area contributed by atoms with E-state index in [1.807, 2.05) is 11.4 Å². The molecule has 0 radical (unpaired) electrons. The van der Waals surface area contributed by atoms with Gasteiger partial charge in [0.1, 0.15) is 5.82 Å². The molecule has 3 nitrogen and oxygen atoms in total. The summed E-state index contributed by atoms with van der Waals surface area (Å²) in [7, 11) is 0. The first-order valence-corrected chi connectivity index (χ1v) is 8.66. The number of aryl methyl sites for hydroxylation is 3. The molecule has 0 bridgehead atoms. The van der Waals surface area contributed by atoms with Gasteiger partial charge in [-0.25, -0.2) is 9.97 Å². The second-order valence-corrected chi connectivity index (χ2v) is 6.20. The summed E-state index contributed by atoms with van der Waals surface area (Å²) in [5, 5.41) is 3.22. The van der Waals surface area contributed by atoms with Crippen molar-refractivity contribution in [3.8, 4) is 0 Å². The number of alkyl halides is 1. The number of para-hydroxylation sites is 2. The molecular formula is C16H18ClN3S. The van der Waals surface area contributed by atoms with E-state index in [4.69, 9.17) is 16.6 Å². The minimum absolute atomic E-state index is 0.503. The first kappa shape index (κ1) is 14.5. The van der Waals surface area contributed by atoms with E-state index in [9.17, 15) is 0 Å². The van der Waals surface area contributed by atoms with Gasteiger partial charge in [-0.15, -0.1) is 22.9 Å². The molecule has 5 heteroatoms. The lowest BCUT2D eigenvalue weighted by molar-refractivity contribution is 0.627. The highest BCUT2D eigenvalue weighted by Crippen LogP contribution is 2.18. The smallest absolute Gasteiger partial charge is 0.109 e. The number of aromatic nitrogens is 3. The van der Waals surface area contributed by atoms with E-state index < -0.39 is 0 Å². The molecule has 0 spiro atoms. The Kier molecular flexibility index (Phi) is 4.56. The van der Waals surface area contributed by atoms with Crippen LogP contribution >= 0.6 is 22.9 Å². The van der Waals surface area contributed by atoms with E-state index in [0.717, 1.165) is 42.8 Å². The largest absolute Gasteiger partial charge is 0.328 e. The average molecular weight is 320 g/mol. The number of hydrogen-bond acceptors (Lipinski definition) is 3. The fourth-order valence-electron chi connectivity index (χ4n) is 2.56. The summed E-state index contributed by atoms with van der Waals surface area (Å²) in [5.74, 6) is 1.67. The van der Waals surface area contributed by atoms with Crippen molar-refractivity contribution < 1.29 is 0 Å². The maximum atomic E-state index is 5.79. The van der Waals surface area contributed by atoms with Crippen molar-refractivity contribution in [1.29, 1.82) is 0 Å². The number of benzene rings is 1. The van der Waals surface area contributed by atoms with Crippen LogP contribution in [0.1, 0.15) is 29.9 Å². The Hall–Kier alpha value is -1.39. The van der Waals surface area contributed by atoms with Crippen molar-refractivity contribution in [3.63, 3.8) is 0 Å². The molecule has 0 aliphatic carbocycles. The Balaban J connectivity index is 1.72. The van der Waals surface area contributed by atoms with Crippen LogP contribution in [0.5, 0.6) is 0 Å². The molecule has 2 aromatic heterocycles. The number of halogens is 1. The third kappa shape index (κ3) is 3.11. The van der Waals surface area contributed by atoms with Crippen LogP contribution in [0.4, 0.5) is 0 Å².